The van der Waals surface area contributed by atoms with Crippen molar-refractivity contribution < 1.29 is 9.90 Å². The number of hydrogen-bond donors (Lipinski definition) is 3. The van der Waals surface area contributed by atoms with Crippen molar-refractivity contribution in [3.63, 3.8) is 0 Å². The fourth-order valence-electron chi connectivity index (χ4n) is 0.974. The third-order valence-corrected chi connectivity index (χ3v) is 1.77. The van der Waals surface area contributed by atoms with E-state index in [0.717, 1.165) is 0 Å². The third-order valence-electron chi connectivity index (χ3n) is 1.77. The molecule has 1 heterocycles. The van der Waals surface area contributed by atoms with E-state index in [0.29, 0.717) is 25.3 Å². The molecule has 82 valence electrons. The van der Waals surface area contributed by atoms with E-state index >= 15 is 0 Å². The second-order valence-electron chi connectivity index (χ2n) is 2.98. The molecule has 0 fully saturated rings. The van der Waals surface area contributed by atoms with Crippen LogP contribution in [0.5, 0.6) is 0 Å². The number of rotatable bonds is 6. The van der Waals surface area contributed by atoms with Crippen LogP contribution in [0.4, 0.5) is 5.95 Å². The van der Waals surface area contributed by atoms with Gasteiger partial charge >= 0.3 is 5.97 Å². The second-order valence-corrected chi connectivity index (χ2v) is 2.98. The van der Waals surface area contributed by atoms with Gasteiger partial charge in [0.15, 0.2) is 0 Å². The van der Waals surface area contributed by atoms with E-state index in [-0.39, 0.29) is 0 Å². The lowest BCUT2D eigenvalue weighted by Gasteiger charge is -2.06. The highest BCUT2D eigenvalue weighted by atomic mass is 16.4. The number of nitrogens with one attached hydrogen (secondary N) is 1. The van der Waals surface area contributed by atoms with E-state index in [4.69, 9.17) is 10.8 Å². The molecule has 0 unspecified atom stereocenters. The van der Waals surface area contributed by atoms with Crippen molar-refractivity contribution in [2.75, 3.05) is 11.9 Å². The van der Waals surface area contributed by atoms with E-state index in [1.165, 1.54) is 12.4 Å². The minimum absolute atomic E-state index is 0.419. The summed E-state index contributed by atoms with van der Waals surface area (Å²) in [7, 11) is 0. The number of hydrogen-bond acceptors (Lipinski definition) is 6. The van der Waals surface area contributed by atoms with Crippen molar-refractivity contribution in [3.05, 3.63) is 12.4 Å². The Labute approximate surface area is 86.7 Å². The van der Waals surface area contributed by atoms with Crippen LogP contribution in [-0.4, -0.2) is 38.8 Å². The highest BCUT2D eigenvalue weighted by Crippen LogP contribution is 1.97. The van der Waals surface area contributed by atoms with E-state index in [1.807, 2.05) is 0 Å². The van der Waals surface area contributed by atoms with Crippen molar-refractivity contribution in [2.24, 2.45) is 5.73 Å². The van der Waals surface area contributed by atoms with E-state index in [1.54, 1.807) is 0 Å². The molecular weight excluding hydrogens is 198 g/mol. The molecule has 7 nitrogen and oxygen atoms in total. The summed E-state index contributed by atoms with van der Waals surface area (Å²) >= 11 is 0. The van der Waals surface area contributed by atoms with Crippen molar-refractivity contribution in [3.8, 4) is 0 Å². The van der Waals surface area contributed by atoms with Gasteiger partial charge in [-0.2, -0.15) is 5.10 Å². The molecule has 0 aliphatic heterocycles. The Kier molecular flexibility index (Phi) is 4.42. The standard InChI is InChI=1S/C8H13N5O2/c9-6(7(14)15)2-1-3-10-8-11-4-5-12-13-8/h4-6H,1-3,9H2,(H,14,15)(H,10,11,13)/t6-/m0/s1. The van der Waals surface area contributed by atoms with Crippen LogP contribution in [0, 0.1) is 0 Å². The van der Waals surface area contributed by atoms with E-state index in [9.17, 15) is 4.79 Å². The number of aromatic nitrogens is 3. The molecule has 0 saturated heterocycles. The molecular formula is C8H13N5O2. The van der Waals surface area contributed by atoms with E-state index < -0.39 is 12.0 Å². The Morgan fingerprint density at radius 2 is 2.40 bits per heavy atom. The Morgan fingerprint density at radius 1 is 1.60 bits per heavy atom. The monoisotopic (exact) mass is 211 g/mol. The van der Waals surface area contributed by atoms with Gasteiger partial charge in [-0.3, -0.25) is 4.79 Å². The summed E-state index contributed by atoms with van der Waals surface area (Å²) in [5.41, 5.74) is 5.33. The Hall–Kier alpha value is -1.76. The lowest BCUT2D eigenvalue weighted by Crippen LogP contribution is -2.30. The van der Waals surface area contributed by atoms with Gasteiger partial charge in [0.1, 0.15) is 6.04 Å². The second kappa shape index (κ2) is 5.86. The Bertz CT molecular complexity index is 305. The maximum absolute atomic E-state index is 10.4. The van der Waals surface area contributed by atoms with Gasteiger partial charge in [-0.15, -0.1) is 5.10 Å². The fourth-order valence-corrected chi connectivity index (χ4v) is 0.974. The average molecular weight is 211 g/mol. The minimum atomic E-state index is -0.979. The molecule has 4 N–H and O–H groups in total. The predicted octanol–water partition coefficient (Wildman–Crippen LogP) is -0.524. The maximum atomic E-state index is 10.4. The Morgan fingerprint density at radius 3 is 3.00 bits per heavy atom. The molecule has 1 aromatic rings. The first kappa shape index (κ1) is 11.3. The maximum Gasteiger partial charge on any atom is 0.320 e. The molecule has 0 bridgehead atoms. The van der Waals surface area contributed by atoms with Gasteiger partial charge in [0.2, 0.25) is 5.95 Å². The number of anilines is 1. The van der Waals surface area contributed by atoms with Gasteiger partial charge in [-0.1, -0.05) is 0 Å². The number of nitrogens with two attached hydrogens (primary N) is 1. The highest BCUT2D eigenvalue weighted by molar-refractivity contribution is 5.72. The van der Waals surface area contributed by atoms with Gasteiger partial charge in [-0.05, 0) is 12.8 Å². The minimum Gasteiger partial charge on any atom is -0.480 e. The van der Waals surface area contributed by atoms with Gasteiger partial charge in [0, 0.05) is 6.54 Å². The largest absolute Gasteiger partial charge is 0.480 e. The molecule has 15 heavy (non-hydrogen) atoms. The van der Waals surface area contributed by atoms with Crippen LogP contribution >= 0.6 is 0 Å². The Balaban J connectivity index is 2.15. The molecule has 0 aliphatic rings. The SMILES string of the molecule is N[C@@H](CCCNc1nccnn1)C(=O)O. The average Bonchev–Trinajstić information content (AvgIpc) is 2.25. The van der Waals surface area contributed by atoms with Gasteiger partial charge in [0.05, 0.1) is 12.4 Å². The topological polar surface area (TPSA) is 114 Å². The zero-order valence-electron chi connectivity index (χ0n) is 8.13. The summed E-state index contributed by atoms with van der Waals surface area (Å²) in [6.07, 6.45) is 4.07. The van der Waals surface area contributed by atoms with Crippen LogP contribution in [-0.2, 0) is 4.79 Å². The van der Waals surface area contributed by atoms with Crippen molar-refractivity contribution >= 4 is 11.9 Å². The molecule has 0 saturated carbocycles. The number of nitrogens with zero attached hydrogens (tertiary/aromatic N) is 3. The van der Waals surface area contributed by atoms with Gasteiger partial charge in [-0.25, -0.2) is 4.98 Å². The van der Waals surface area contributed by atoms with Gasteiger partial charge < -0.3 is 16.2 Å². The zero-order chi connectivity index (χ0) is 11.1. The molecule has 0 aliphatic carbocycles. The first-order chi connectivity index (χ1) is 7.20. The molecule has 1 aromatic heterocycles. The van der Waals surface area contributed by atoms with E-state index in [2.05, 4.69) is 20.5 Å². The molecule has 7 heteroatoms. The lowest BCUT2D eigenvalue weighted by atomic mass is 10.2. The summed E-state index contributed by atoms with van der Waals surface area (Å²) in [5, 5.41) is 18.8. The summed E-state index contributed by atoms with van der Waals surface area (Å²) in [6, 6.07) is -0.804. The van der Waals surface area contributed by atoms with Crippen LogP contribution in [0.2, 0.25) is 0 Å². The lowest BCUT2D eigenvalue weighted by molar-refractivity contribution is -0.138. The third kappa shape index (κ3) is 4.32. The summed E-state index contributed by atoms with van der Waals surface area (Å²) in [4.78, 5) is 14.3. The first-order valence-corrected chi connectivity index (χ1v) is 4.56. The van der Waals surface area contributed by atoms with Crippen LogP contribution in [0.15, 0.2) is 12.4 Å². The summed E-state index contributed by atoms with van der Waals surface area (Å²) in [6.45, 7) is 0.576. The predicted molar refractivity (Wildman–Crippen MR) is 53.2 cm³/mol. The molecule has 0 amide bonds. The zero-order valence-corrected chi connectivity index (χ0v) is 8.13. The highest BCUT2D eigenvalue weighted by Gasteiger charge is 2.09. The molecule has 0 aromatic carbocycles. The van der Waals surface area contributed by atoms with Crippen molar-refractivity contribution in [2.45, 2.75) is 18.9 Å². The molecule has 1 rings (SSSR count). The smallest absolute Gasteiger partial charge is 0.320 e. The summed E-state index contributed by atoms with van der Waals surface area (Å²) < 4.78 is 0. The van der Waals surface area contributed by atoms with Crippen LogP contribution in [0.25, 0.3) is 0 Å². The van der Waals surface area contributed by atoms with Crippen LogP contribution in [0.1, 0.15) is 12.8 Å². The van der Waals surface area contributed by atoms with Crippen molar-refractivity contribution in [1.82, 2.24) is 15.2 Å². The van der Waals surface area contributed by atoms with Crippen molar-refractivity contribution in [1.29, 1.82) is 0 Å². The first-order valence-electron chi connectivity index (χ1n) is 4.56. The van der Waals surface area contributed by atoms with Crippen LogP contribution < -0.4 is 11.1 Å². The molecule has 1 atom stereocenters. The number of aliphatic carboxylic acids is 1. The van der Waals surface area contributed by atoms with Crippen LogP contribution in [0.3, 0.4) is 0 Å². The number of carboxylic acids is 1. The van der Waals surface area contributed by atoms with Gasteiger partial charge in [0.25, 0.3) is 0 Å². The fraction of sp³-hybridized carbons (Fsp3) is 0.500. The number of carboxylic acid groups (broad SMARTS) is 1. The molecule has 0 spiro atoms. The quantitative estimate of drug-likeness (QED) is 0.542. The number of carbonyl (C=O) groups is 1. The molecule has 0 radical (unpaired) electrons. The summed E-state index contributed by atoms with van der Waals surface area (Å²) in [5.74, 6) is -0.547. The normalized spacial score (nSPS) is 12.1.